The summed E-state index contributed by atoms with van der Waals surface area (Å²) in [6.07, 6.45) is 2.19. The van der Waals surface area contributed by atoms with Gasteiger partial charge in [0.2, 0.25) is 0 Å². The van der Waals surface area contributed by atoms with E-state index in [0.29, 0.717) is 0 Å². The van der Waals surface area contributed by atoms with Crippen molar-refractivity contribution in [1.82, 2.24) is 0 Å². The molecule has 0 aromatic carbocycles. The van der Waals surface area contributed by atoms with Crippen LogP contribution in [0, 0.1) is 0 Å². The van der Waals surface area contributed by atoms with E-state index < -0.39 is 0 Å². The van der Waals surface area contributed by atoms with Crippen LogP contribution in [0.25, 0.3) is 0 Å². The highest BCUT2D eigenvalue weighted by Gasteiger charge is 2.40. The molecule has 0 aromatic rings. The molecule has 0 saturated carbocycles. The van der Waals surface area contributed by atoms with Crippen LogP contribution in [0.4, 0.5) is 0 Å². The molecule has 0 radical (unpaired) electrons. The first-order valence-electron chi connectivity index (χ1n) is 6.38. The average Bonchev–Trinajstić information content (AvgIpc) is 2.34. The fraction of sp³-hybridized carbons (Fsp3) is 0.692. The van der Waals surface area contributed by atoms with Crippen molar-refractivity contribution in [2.75, 3.05) is 17.3 Å². The van der Waals surface area contributed by atoms with Crippen LogP contribution in [-0.4, -0.2) is 28.0 Å². The molecule has 18 heavy (non-hydrogen) atoms. The fourth-order valence-electron chi connectivity index (χ4n) is 2.02. The van der Waals surface area contributed by atoms with E-state index >= 15 is 0 Å². The summed E-state index contributed by atoms with van der Waals surface area (Å²) in [6.45, 7) is 8.66. The van der Waals surface area contributed by atoms with Gasteiger partial charge in [0.25, 0.3) is 0 Å². The summed E-state index contributed by atoms with van der Waals surface area (Å²) in [5.74, 6) is 3.12. The summed E-state index contributed by atoms with van der Waals surface area (Å²) in [4.78, 5) is 2.48. The third kappa shape index (κ3) is 3.24. The zero-order valence-corrected chi connectivity index (χ0v) is 14.1. The molecule has 0 aromatic heterocycles. The van der Waals surface area contributed by atoms with Gasteiger partial charge in [-0.25, -0.2) is 0 Å². The van der Waals surface area contributed by atoms with Gasteiger partial charge in [0.05, 0.1) is 10.8 Å². The molecular weight excluding hydrogens is 280 g/mol. The van der Waals surface area contributed by atoms with Crippen molar-refractivity contribution in [3.63, 3.8) is 0 Å². The van der Waals surface area contributed by atoms with Crippen LogP contribution in [0.5, 0.6) is 0 Å². The second-order valence-electron chi connectivity index (χ2n) is 4.21. The minimum atomic E-state index is -0.168. The summed E-state index contributed by atoms with van der Waals surface area (Å²) in [7, 11) is 0. The number of hydrogen-bond acceptors (Lipinski definition) is 5. The van der Waals surface area contributed by atoms with Gasteiger partial charge in [-0.3, -0.25) is 0 Å². The Morgan fingerprint density at radius 1 is 1.17 bits per heavy atom. The maximum Gasteiger partial charge on any atom is 0.0732 e. The first-order valence-corrected chi connectivity index (χ1v) is 9.33. The predicted molar refractivity (Wildman–Crippen MR) is 90.1 cm³/mol. The third-order valence-electron chi connectivity index (χ3n) is 3.03. The van der Waals surface area contributed by atoms with Crippen molar-refractivity contribution in [2.45, 2.75) is 38.5 Å². The van der Waals surface area contributed by atoms with Crippen LogP contribution in [0.2, 0.25) is 0 Å². The standard InChI is InChI=1S/C13H24N2S3/c1-5-16-9-8-10(17-6-2)12(15)13(4,11(9)14)18-7-3/h8,11H,5-7,14-15H2,1-4H3. The molecule has 2 nitrogen and oxygen atoms in total. The lowest BCUT2D eigenvalue weighted by Gasteiger charge is -2.40. The van der Waals surface area contributed by atoms with Crippen LogP contribution in [0.3, 0.4) is 0 Å². The third-order valence-corrected chi connectivity index (χ3v) is 6.32. The summed E-state index contributed by atoms with van der Waals surface area (Å²) in [6, 6.07) is 0.00797. The molecule has 2 atom stereocenters. The maximum absolute atomic E-state index is 6.45. The maximum atomic E-state index is 6.45. The molecule has 1 aliphatic rings. The van der Waals surface area contributed by atoms with E-state index in [0.717, 1.165) is 23.0 Å². The second kappa shape index (κ2) is 7.17. The Kier molecular flexibility index (Phi) is 6.51. The van der Waals surface area contributed by atoms with E-state index in [-0.39, 0.29) is 10.8 Å². The summed E-state index contributed by atoms with van der Waals surface area (Å²) < 4.78 is -0.168. The minimum absolute atomic E-state index is 0.00797. The highest BCUT2D eigenvalue weighted by atomic mass is 32.2. The number of nitrogens with two attached hydrogens (primary N) is 2. The number of allylic oxidation sites excluding steroid dienone is 1. The molecule has 0 saturated heterocycles. The topological polar surface area (TPSA) is 52.0 Å². The lowest BCUT2D eigenvalue weighted by molar-refractivity contribution is 0.625. The van der Waals surface area contributed by atoms with Crippen molar-refractivity contribution in [3.05, 3.63) is 21.6 Å². The highest BCUT2D eigenvalue weighted by Crippen LogP contribution is 2.45. The van der Waals surface area contributed by atoms with Crippen LogP contribution in [0.15, 0.2) is 21.6 Å². The number of hydrogen-bond donors (Lipinski definition) is 2. The molecule has 0 heterocycles. The van der Waals surface area contributed by atoms with Crippen molar-refractivity contribution >= 4 is 35.3 Å². The zero-order chi connectivity index (χ0) is 13.8. The molecule has 0 amide bonds. The van der Waals surface area contributed by atoms with Gasteiger partial charge < -0.3 is 11.5 Å². The highest BCUT2D eigenvalue weighted by molar-refractivity contribution is 8.04. The largest absolute Gasteiger partial charge is 0.400 e. The van der Waals surface area contributed by atoms with Gasteiger partial charge in [0.1, 0.15) is 0 Å². The predicted octanol–water partition coefficient (Wildman–Crippen LogP) is 3.40. The van der Waals surface area contributed by atoms with Gasteiger partial charge in [-0.05, 0) is 30.3 Å². The number of rotatable bonds is 6. The van der Waals surface area contributed by atoms with Gasteiger partial charge in [0, 0.05) is 15.5 Å². The van der Waals surface area contributed by atoms with E-state index in [9.17, 15) is 0 Å². The van der Waals surface area contributed by atoms with Crippen molar-refractivity contribution in [2.24, 2.45) is 11.5 Å². The summed E-state index contributed by atoms with van der Waals surface area (Å²) in [5, 5.41) is 0. The lowest BCUT2D eigenvalue weighted by Crippen LogP contribution is -2.49. The second-order valence-corrected chi connectivity index (χ2v) is 8.57. The molecule has 1 rings (SSSR count). The molecule has 0 spiro atoms. The monoisotopic (exact) mass is 304 g/mol. The SMILES string of the molecule is CCSC1=CC(SCC)=C(N)C(C)(SCC)C1N. The first-order chi connectivity index (χ1) is 8.51. The van der Waals surface area contributed by atoms with Crippen LogP contribution < -0.4 is 11.5 Å². The smallest absolute Gasteiger partial charge is 0.0732 e. The summed E-state index contributed by atoms with van der Waals surface area (Å²) >= 11 is 5.51. The van der Waals surface area contributed by atoms with E-state index in [1.165, 1.54) is 9.81 Å². The van der Waals surface area contributed by atoms with E-state index in [2.05, 4.69) is 33.8 Å². The van der Waals surface area contributed by atoms with E-state index in [1.807, 2.05) is 35.3 Å². The van der Waals surface area contributed by atoms with Gasteiger partial charge in [0.15, 0.2) is 0 Å². The molecule has 5 heteroatoms. The van der Waals surface area contributed by atoms with Crippen molar-refractivity contribution in [1.29, 1.82) is 0 Å². The minimum Gasteiger partial charge on any atom is -0.400 e. The molecule has 1 aliphatic carbocycles. The Labute approximate surface area is 124 Å². The first kappa shape index (κ1) is 16.3. The Morgan fingerprint density at radius 3 is 2.28 bits per heavy atom. The van der Waals surface area contributed by atoms with Crippen molar-refractivity contribution in [3.8, 4) is 0 Å². The molecule has 0 bridgehead atoms. The van der Waals surface area contributed by atoms with Crippen LogP contribution >= 0.6 is 35.3 Å². The molecule has 104 valence electrons. The van der Waals surface area contributed by atoms with Crippen molar-refractivity contribution < 1.29 is 0 Å². The fourth-order valence-corrected chi connectivity index (χ4v) is 5.24. The Hall–Kier alpha value is 0.290. The molecule has 0 fully saturated rings. The summed E-state index contributed by atoms with van der Waals surface area (Å²) in [5.41, 5.74) is 13.8. The van der Waals surface area contributed by atoms with Gasteiger partial charge >= 0.3 is 0 Å². The molecule has 0 aliphatic heterocycles. The lowest BCUT2D eigenvalue weighted by atomic mass is 9.93. The Balaban J connectivity index is 3.16. The van der Waals surface area contributed by atoms with E-state index in [4.69, 9.17) is 11.5 Å². The molecule has 2 unspecified atom stereocenters. The van der Waals surface area contributed by atoms with Gasteiger partial charge in [-0.15, -0.1) is 35.3 Å². The molecule has 4 N–H and O–H groups in total. The Morgan fingerprint density at radius 2 is 1.78 bits per heavy atom. The van der Waals surface area contributed by atoms with Crippen LogP contribution in [-0.2, 0) is 0 Å². The van der Waals surface area contributed by atoms with E-state index in [1.54, 1.807) is 0 Å². The number of thioether (sulfide) groups is 3. The Bertz CT molecular complexity index is 352. The van der Waals surface area contributed by atoms with Gasteiger partial charge in [-0.2, -0.15) is 0 Å². The normalized spacial score (nSPS) is 28.5. The van der Waals surface area contributed by atoms with Crippen LogP contribution in [0.1, 0.15) is 27.7 Å². The van der Waals surface area contributed by atoms with Gasteiger partial charge in [-0.1, -0.05) is 20.8 Å². The quantitative estimate of drug-likeness (QED) is 0.787. The average molecular weight is 305 g/mol. The zero-order valence-electron chi connectivity index (χ0n) is 11.7. The molecular formula is C13H24N2S3.